The van der Waals surface area contributed by atoms with Crippen molar-refractivity contribution < 1.29 is 12.6 Å². The second-order valence-corrected chi connectivity index (χ2v) is 8.90. The van der Waals surface area contributed by atoms with Gasteiger partial charge in [-0.3, -0.25) is 4.21 Å². The average Bonchev–Trinajstić information content (AvgIpc) is 2.99. The van der Waals surface area contributed by atoms with E-state index < -0.39 is 20.6 Å². The molecule has 1 unspecified atom stereocenters. The van der Waals surface area contributed by atoms with Crippen molar-refractivity contribution in [2.24, 2.45) is 0 Å². The second-order valence-electron chi connectivity index (χ2n) is 4.95. The van der Waals surface area contributed by atoms with Crippen LogP contribution in [0.4, 0.5) is 0 Å². The van der Waals surface area contributed by atoms with E-state index in [0.29, 0.717) is 5.56 Å². The van der Waals surface area contributed by atoms with E-state index in [9.17, 15) is 12.6 Å². The normalized spacial score (nSPS) is 17.8. The maximum absolute atomic E-state index is 12.2. The summed E-state index contributed by atoms with van der Waals surface area (Å²) >= 11 is 0. The van der Waals surface area contributed by atoms with Crippen molar-refractivity contribution in [3.8, 4) is 6.07 Å². The van der Waals surface area contributed by atoms with Crippen molar-refractivity contribution in [3.05, 3.63) is 29.8 Å². The number of nitriles is 1. The average molecular weight is 311 g/mol. The van der Waals surface area contributed by atoms with Gasteiger partial charge in [-0.15, -0.1) is 0 Å². The van der Waals surface area contributed by atoms with Crippen LogP contribution in [0.2, 0.25) is 0 Å². The van der Waals surface area contributed by atoms with Crippen LogP contribution in [0.25, 0.3) is 0 Å². The van der Waals surface area contributed by atoms with Gasteiger partial charge in [0.05, 0.1) is 22.3 Å². The van der Waals surface area contributed by atoms with Crippen molar-refractivity contribution in [2.45, 2.75) is 35.8 Å². The van der Waals surface area contributed by atoms with Crippen LogP contribution in [0.15, 0.2) is 29.2 Å². The van der Waals surface area contributed by atoms with Crippen molar-refractivity contribution >= 4 is 20.6 Å². The monoisotopic (exact) mass is 311 g/mol. The Morgan fingerprint density at radius 1 is 1.30 bits per heavy atom. The van der Waals surface area contributed by atoms with E-state index in [-0.39, 0.29) is 21.7 Å². The lowest BCUT2D eigenvalue weighted by Gasteiger charge is -2.09. The second kappa shape index (κ2) is 6.51. The molecule has 1 aliphatic rings. The van der Waals surface area contributed by atoms with E-state index in [1.54, 1.807) is 12.1 Å². The minimum Gasteiger partial charge on any atom is -0.259 e. The van der Waals surface area contributed by atoms with E-state index in [2.05, 4.69) is 0 Å². The first-order chi connectivity index (χ1) is 9.53. The third-order valence-corrected chi connectivity index (χ3v) is 7.34. The molecule has 0 amide bonds. The maximum atomic E-state index is 12.2. The maximum Gasteiger partial charge on any atom is 0.179 e. The van der Waals surface area contributed by atoms with Gasteiger partial charge in [-0.1, -0.05) is 18.9 Å². The lowest BCUT2D eigenvalue weighted by Crippen LogP contribution is -2.20. The van der Waals surface area contributed by atoms with E-state index >= 15 is 0 Å². The van der Waals surface area contributed by atoms with Gasteiger partial charge in [-0.2, -0.15) is 5.26 Å². The van der Waals surface area contributed by atoms with Gasteiger partial charge >= 0.3 is 0 Å². The molecule has 1 aromatic carbocycles. The summed E-state index contributed by atoms with van der Waals surface area (Å²) in [5.74, 6) is 0.0643. The molecule has 0 heterocycles. The van der Waals surface area contributed by atoms with Gasteiger partial charge in [0.15, 0.2) is 9.84 Å². The lowest BCUT2D eigenvalue weighted by molar-refractivity contribution is 0.596. The first-order valence-electron chi connectivity index (χ1n) is 6.63. The summed E-state index contributed by atoms with van der Waals surface area (Å²) in [4.78, 5) is 0.139. The van der Waals surface area contributed by atoms with Crippen LogP contribution in [0, 0.1) is 11.3 Å². The molecule has 1 saturated carbocycles. The lowest BCUT2D eigenvalue weighted by atomic mass is 10.2. The number of benzene rings is 1. The Morgan fingerprint density at radius 2 is 2.00 bits per heavy atom. The van der Waals surface area contributed by atoms with Crippen LogP contribution in [0.5, 0.6) is 0 Å². The van der Waals surface area contributed by atoms with Crippen LogP contribution in [-0.4, -0.2) is 29.4 Å². The van der Waals surface area contributed by atoms with Gasteiger partial charge in [-0.25, -0.2) is 8.42 Å². The zero-order chi connectivity index (χ0) is 14.6. The topological polar surface area (TPSA) is 75.0 Å². The van der Waals surface area contributed by atoms with Gasteiger partial charge in [0.25, 0.3) is 0 Å². The van der Waals surface area contributed by atoms with Crippen molar-refractivity contribution in [3.63, 3.8) is 0 Å². The van der Waals surface area contributed by atoms with E-state index in [1.165, 1.54) is 12.1 Å². The third kappa shape index (κ3) is 3.68. The minimum absolute atomic E-state index is 0.120. The molecule has 0 bridgehead atoms. The molecule has 1 aliphatic carbocycles. The molecule has 4 nitrogen and oxygen atoms in total. The van der Waals surface area contributed by atoms with Crippen LogP contribution in [0.1, 0.15) is 31.2 Å². The van der Waals surface area contributed by atoms with Gasteiger partial charge in [0.2, 0.25) is 0 Å². The number of hydrogen-bond donors (Lipinski definition) is 0. The van der Waals surface area contributed by atoms with Crippen LogP contribution >= 0.6 is 0 Å². The van der Waals surface area contributed by atoms with E-state index in [1.807, 2.05) is 6.07 Å². The molecule has 0 aromatic heterocycles. The summed E-state index contributed by atoms with van der Waals surface area (Å²) in [7, 11) is -4.53. The highest BCUT2D eigenvalue weighted by Crippen LogP contribution is 2.23. The summed E-state index contributed by atoms with van der Waals surface area (Å²) < 4.78 is 36.4. The predicted octanol–water partition coefficient (Wildman–Crippen LogP) is 2.02. The zero-order valence-electron chi connectivity index (χ0n) is 11.1. The number of hydrogen-bond acceptors (Lipinski definition) is 4. The first-order valence-corrected chi connectivity index (χ1v) is 9.66. The van der Waals surface area contributed by atoms with Crippen molar-refractivity contribution in [2.75, 3.05) is 11.5 Å². The van der Waals surface area contributed by atoms with Gasteiger partial charge in [-0.05, 0) is 31.0 Å². The molecule has 0 N–H and O–H groups in total. The van der Waals surface area contributed by atoms with Gasteiger partial charge in [0.1, 0.15) is 0 Å². The third-order valence-electron chi connectivity index (χ3n) is 3.55. The Hall–Kier alpha value is -1.19. The Labute approximate surface area is 122 Å². The highest BCUT2D eigenvalue weighted by atomic mass is 32.2. The number of nitrogens with zero attached hydrogens (tertiary/aromatic N) is 1. The minimum atomic E-state index is -3.46. The van der Waals surface area contributed by atoms with Crippen LogP contribution < -0.4 is 0 Å². The van der Waals surface area contributed by atoms with Gasteiger partial charge < -0.3 is 0 Å². The fourth-order valence-corrected chi connectivity index (χ4v) is 5.94. The summed E-state index contributed by atoms with van der Waals surface area (Å²) in [6.45, 7) is 0. The molecule has 1 aromatic rings. The van der Waals surface area contributed by atoms with Crippen LogP contribution in [0.3, 0.4) is 0 Å². The molecule has 2 rings (SSSR count). The molecule has 0 spiro atoms. The van der Waals surface area contributed by atoms with Crippen molar-refractivity contribution in [1.82, 2.24) is 0 Å². The number of sulfone groups is 1. The van der Waals surface area contributed by atoms with Crippen LogP contribution in [-0.2, 0) is 20.6 Å². The summed E-state index contributed by atoms with van der Waals surface area (Å²) in [5.41, 5.74) is 0.322. The Kier molecular flexibility index (Phi) is 4.95. The molecular weight excluding hydrogens is 294 g/mol. The summed E-state index contributed by atoms with van der Waals surface area (Å²) in [6.07, 6.45) is 4.06. The highest BCUT2D eigenvalue weighted by Gasteiger charge is 2.23. The Balaban J connectivity index is 2.03. The molecular formula is C14H17NO3S2. The Morgan fingerprint density at radius 3 is 2.65 bits per heavy atom. The summed E-state index contributed by atoms with van der Waals surface area (Å²) in [6, 6.07) is 7.89. The molecule has 0 radical (unpaired) electrons. The smallest absolute Gasteiger partial charge is 0.179 e. The first kappa shape index (κ1) is 15.2. The summed E-state index contributed by atoms with van der Waals surface area (Å²) in [5, 5.41) is 8.96. The molecule has 6 heteroatoms. The fraction of sp³-hybridized carbons (Fsp3) is 0.500. The van der Waals surface area contributed by atoms with Gasteiger partial charge in [0, 0.05) is 21.8 Å². The molecule has 1 fully saturated rings. The molecule has 1 atom stereocenters. The van der Waals surface area contributed by atoms with Crippen molar-refractivity contribution in [1.29, 1.82) is 5.26 Å². The quantitative estimate of drug-likeness (QED) is 0.834. The zero-order valence-corrected chi connectivity index (χ0v) is 12.8. The largest absolute Gasteiger partial charge is 0.259 e. The predicted molar refractivity (Wildman–Crippen MR) is 78.5 cm³/mol. The Bertz CT molecular complexity index is 641. The van der Waals surface area contributed by atoms with E-state index in [0.717, 1.165) is 25.7 Å². The molecule has 0 aliphatic heterocycles. The molecule has 0 saturated heterocycles. The van der Waals surface area contributed by atoms with E-state index in [4.69, 9.17) is 5.26 Å². The fourth-order valence-electron chi connectivity index (χ4n) is 2.39. The standard InChI is InChI=1S/C14H17NO3S2/c15-11-12-4-3-7-14(10-12)20(17,18)9-8-19(16)13-5-1-2-6-13/h3-4,7,10,13H,1-2,5-6,8-9H2. The molecule has 108 valence electrons. The SMILES string of the molecule is N#Cc1cccc(S(=O)(=O)CCS(=O)C2CCCC2)c1. The number of rotatable bonds is 5. The molecule has 20 heavy (non-hydrogen) atoms. The highest BCUT2D eigenvalue weighted by molar-refractivity contribution is 7.93.